The van der Waals surface area contributed by atoms with Crippen molar-refractivity contribution in [3.8, 4) is 11.5 Å². The molecule has 0 bridgehead atoms. The zero-order valence-corrected chi connectivity index (χ0v) is 23.0. The maximum atomic E-state index is 13.8. The molecule has 0 fully saturated rings. The normalized spacial score (nSPS) is 13.7. The van der Waals surface area contributed by atoms with E-state index in [0.29, 0.717) is 36.8 Å². The van der Waals surface area contributed by atoms with E-state index in [-0.39, 0.29) is 24.2 Å². The van der Waals surface area contributed by atoms with E-state index < -0.39 is 28.5 Å². The molecule has 1 atom stereocenters. The number of hydrogen-bond acceptors (Lipinski definition) is 6. The van der Waals surface area contributed by atoms with E-state index in [1.807, 2.05) is 52.0 Å². The van der Waals surface area contributed by atoms with Crippen LogP contribution in [0.15, 0.2) is 42.5 Å². The number of nitrogens with one attached hydrogen (secondary N) is 1. The fourth-order valence-electron chi connectivity index (χ4n) is 4.21. The van der Waals surface area contributed by atoms with Gasteiger partial charge in [0.2, 0.25) is 21.8 Å². The monoisotopic (exact) mass is 531 g/mol. The lowest BCUT2D eigenvalue weighted by atomic mass is 10.1. The quantitative estimate of drug-likeness (QED) is 0.477. The molecule has 0 unspecified atom stereocenters. The first-order valence-electron chi connectivity index (χ1n) is 12.6. The SMILES string of the molecule is CC[C@@H](C(=O)NC(C)C)N(Cc1cccc(C)c1)C(=O)CN(c1ccc2c(c1)OCCO2)S(=O)(=O)CC. The highest BCUT2D eigenvalue weighted by Gasteiger charge is 2.33. The van der Waals surface area contributed by atoms with Crippen LogP contribution in [0.5, 0.6) is 11.5 Å². The maximum absolute atomic E-state index is 13.8. The van der Waals surface area contributed by atoms with E-state index in [4.69, 9.17) is 9.47 Å². The van der Waals surface area contributed by atoms with Crippen LogP contribution >= 0.6 is 0 Å². The second-order valence-electron chi connectivity index (χ2n) is 9.33. The van der Waals surface area contributed by atoms with Gasteiger partial charge in [0, 0.05) is 18.7 Å². The van der Waals surface area contributed by atoms with Gasteiger partial charge in [-0.3, -0.25) is 13.9 Å². The minimum atomic E-state index is -3.83. The first-order valence-corrected chi connectivity index (χ1v) is 14.2. The molecule has 1 aliphatic heterocycles. The molecule has 3 rings (SSSR count). The molecule has 0 aromatic heterocycles. The van der Waals surface area contributed by atoms with Crippen molar-refractivity contribution in [2.45, 2.75) is 59.7 Å². The molecule has 37 heavy (non-hydrogen) atoms. The molecule has 0 radical (unpaired) electrons. The number of amides is 2. The van der Waals surface area contributed by atoms with Gasteiger partial charge in [-0.1, -0.05) is 36.8 Å². The topological polar surface area (TPSA) is 105 Å². The Bertz CT molecular complexity index is 1210. The Hall–Kier alpha value is -3.27. The van der Waals surface area contributed by atoms with E-state index >= 15 is 0 Å². The molecule has 0 spiro atoms. The maximum Gasteiger partial charge on any atom is 0.244 e. The Morgan fingerprint density at radius 1 is 1.03 bits per heavy atom. The minimum Gasteiger partial charge on any atom is -0.486 e. The Kier molecular flexibility index (Phi) is 9.42. The van der Waals surface area contributed by atoms with Crippen LogP contribution in [0.2, 0.25) is 0 Å². The first kappa shape index (κ1) is 28.3. The van der Waals surface area contributed by atoms with Crippen LogP contribution in [-0.2, 0) is 26.2 Å². The summed E-state index contributed by atoms with van der Waals surface area (Å²) in [5.41, 5.74) is 2.18. The van der Waals surface area contributed by atoms with Crippen LogP contribution in [-0.4, -0.2) is 62.7 Å². The second-order valence-corrected chi connectivity index (χ2v) is 11.5. The van der Waals surface area contributed by atoms with Crippen LogP contribution in [0, 0.1) is 6.92 Å². The van der Waals surface area contributed by atoms with Gasteiger partial charge in [0.1, 0.15) is 25.8 Å². The van der Waals surface area contributed by atoms with Crippen molar-refractivity contribution in [3.05, 3.63) is 53.6 Å². The summed E-state index contributed by atoms with van der Waals surface area (Å²) in [6, 6.07) is 11.6. The summed E-state index contributed by atoms with van der Waals surface area (Å²) in [5, 5.41) is 2.89. The van der Waals surface area contributed by atoms with Crippen molar-refractivity contribution in [1.29, 1.82) is 0 Å². The van der Waals surface area contributed by atoms with Gasteiger partial charge < -0.3 is 19.7 Å². The Labute approximate surface area is 219 Å². The average Bonchev–Trinajstić information content (AvgIpc) is 2.86. The van der Waals surface area contributed by atoms with Gasteiger partial charge in [-0.2, -0.15) is 0 Å². The number of carbonyl (C=O) groups excluding carboxylic acids is 2. The number of hydrogen-bond donors (Lipinski definition) is 1. The van der Waals surface area contributed by atoms with E-state index in [2.05, 4.69) is 5.32 Å². The van der Waals surface area contributed by atoms with E-state index in [1.54, 1.807) is 18.2 Å². The fraction of sp³-hybridized carbons (Fsp3) is 0.481. The number of aryl methyl sites for hydroxylation is 1. The van der Waals surface area contributed by atoms with Gasteiger partial charge in [0.15, 0.2) is 11.5 Å². The second kappa shape index (κ2) is 12.3. The number of benzene rings is 2. The molecule has 0 saturated heterocycles. The van der Waals surface area contributed by atoms with Crippen LogP contribution in [0.4, 0.5) is 5.69 Å². The summed E-state index contributed by atoms with van der Waals surface area (Å²) in [6.07, 6.45) is 0.376. The van der Waals surface area contributed by atoms with Crippen molar-refractivity contribution in [3.63, 3.8) is 0 Å². The predicted molar refractivity (Wildman–Crippen MR) is 143 cm³/mol. The van der Waals surface area contributed by atoms with Gasteiger partial charge in [0.05, 0.1) is 11.4 Å². The van der Waals surface area contributed by atoms with Crippen molar-refractivity contribution in [1.82, 2.24) is 10.2 Å². The van der Waals surface area contributed by atoms with Crippen molar-refractivity contribution in [2.24, 2.45) is 0 Å². The Balaban J connectivity index is 1.98. The third kappa shape index (κ3) is 7.15. The number of nitrogens with zero attached hydrogens (tertiary/aromatic N) is 2. The minimum absolute atomic E-state index is 0.104. The number of sulfonamides is 1. The van der Waals surface area contributed by atoms with Crippen molar-refractivity contribution in [2.75, 3.05) is 29.8 Å². The third-order valence-corrected chi connectivity index (χ3v) is 7.79. The molecule has 1 N–H and O–H groups in total. The molecular formula is C27H37N3O6S. The van der Waals surface area contributed by atoms with Gasteiger partial charge in [-0.05, 0) is 51.8 Å². The molecule has 0 saturated carbocycles. The lowest BCUT2D eigenvalue weighted by Gasteiger charge is -2.33. The van der Waals surface area contributed by atoms with Gasteiger partial charge >= 0.3 is 0 Å². The molecule has 0 aliphatic carbocycles. The molecule has 2 aromatic rings. The molecule has 1 heterocycles. The molecule has 10 heteroatoms. The highest BCUT2D eigenvalue weighted by molar-refractivity contribution is 7.92. The molecule has 202 valence electrons. The summed E-state index contributed by atoms with van der Waals surface area (Å²) in [6.45, 7) is 9.51. The van der Waals surface area contributed by atoms with E-state index in [0.717, 1.165) is 15.4 Å². The van der Waals surface area contributed by atoms with Crippen LogP contribution in [0.3, 0.4) is 0 Å². The van der Waals surface area contributed by atoms with Crippen molar-refractivity contribution >= 4 is 27.5 Å². The van der Waals surface area contributed by atoms with Crippen LogP contribution < -0.4 is 19.1 Å². The number of carbonyl (C=O) groups is 2. The highest BCUT2D eigenvalue weighted by atomic mass is 32.2. The van der Waals surface area contributed by atoms with Gasteiger partial charge in [0.25, 0.3) is 0 Å². The number of anilines is 1. The smallest absolute Gasteiger partial charge is 0.244 e. The van der Waals surface area contributed by atoms with Gasteiger partial charge in [-0.15, -0.1) is 0 Å². The fourth-order valence-corrected chi connectivity index (χ4v) is 5.27. The molecule has 2 amide bonds. The standard InChI is InChI=1S/C27H37N3O6S/c1-6-23(27(32)28-19(3)4)29(17-21-10-8-9-20(5)15-21)26(31)18-30(37(33,34)7-2)22-11-12-24-25(16-22)36-14-13-35-24/h8-12,15-16,19,23H,6-7,13-14,17-18H2,1-5H3,(H,28,32)/t23-/m0/s1. The van der Waals surface area contributed by atoms with Crippen LogP contribution in [0.25, 0.3) is 0 Å². The summed E-state index contributed by atoms with van der Waals surface area (Å²) >= 11 is 0. The summed E-state index contributed by atoms with van der Waals surface area (Å²) in [4.78, 5) is 28.4. The largest absolute Gasteiger partial charge is 0.486 e. The lowest BCUT2D eigenvalue weighted by molar-refractivity contribution is -0.140. The lowest BCUT2D eigenvalue weighted by Crippen LogP contribution is -2.53. The Morgan fingerprint density at radius 2 is 1.73 bits per heavy atom. The number of rotatable bonds is 11. The zero-order chi connectivity index (χ0) is 27.2. The number of fused-ring (bicyclic) bond motifs is 1. The Morgan fingerprint density at radius 3 is 2.35 bits per heavy atom. The van der Waals surface area contributed by atoms with E-state index in [1.165, 1.54) is 11.8 Å². The van der Waals surface area contributed by atoms with Crippen LogP contribution in [0.1, 0.15) is 45.2 Å². The summed E-state index contributed by atoms with van der Waals surface area (Å²) < 4.78 is 38.6. The number of ether oxygens (including phenoxy) is 2. The molecule has 1 aliphatic rings. The third-order valence-electron chi connectivity index (χ3n) is 6.05. The first-order chi connectivity index (χ1) is 17.6. The molecular weight excluding hydrogens is 494 g/mol. The van der Waals surface area contributed by atoms with Gasteiger partial charge in [-0.25, -0.2) is 8.42 Å². The van der Waals surface area contributed by atoms with Crippen molar-refractivity contribution < 1.29 is 27.5 Å². The predicted octanol–water partition coefficient (Wildman–Crippen LogP) is 3.25. The molecule has 9 nitrogen and oxygen atoms in total. The highest BCUT2D eigenvalue weighted by Crippen LogP contribution is 2.35. The zero-order valence-electron chi connectivity index (χ0n) is 22.2. The summed E-state index contributed by atoms with van der Waals surface area (Å²) in [7, 11) is -3.83. The molecule has 2 aromatic carbocycles. The average molecular weight is 532 g/mol. The summed E-state index contributed by atoms with van der Waals surface area (Å²) in [5.74, 6) is -0.00102. The van der Waals surface area contributed by atoms with E-state index in [9.17, 15) is 18.0 Å².